The van der Waals surface area contributed by atoms with Gasteiger partial charge in [0, 0.05) is 12.1 Å². The van der Waals surface area contributed by atoms with Crippen molar-refractivity contribution in [3.05, 3.63) is 39.7 Å². The average Bonchev–Trinajstić information content (AvgIpc) is 2.26. The van der Waals surface area contributed by atoms with Gasteiger partial charge in [0.25, 0.3) is 5.69 Å². The Morgan fingerprint density at radius 3 is 2.50 bits per heavy atom. The van der Waals surface area contributed by atoms with Gasteiger partial charge >= 0.3 is 0 Å². The van der Waals surface area contributed by atoms with Crippen molar-refractivity contribution in [1.82, 2.24) is 5.32 Å². The molecule has 1 rings (SSSR count). The first-order valence-electron chi connectivity index (χ1n) is 5.08. The summed E-state index contributed by atoms with van der Waals surface area (Å²) in [6.07, 6.45) is 0. The summed E-state index contributed by atoms with van der Waals surface area (Å²) in [4.78, 5) is 9.85. The zero-order valence-corrected chi connectivity index (χ0v) is 9.53. The van der Waals surface area contributed by atoms with Crippen molar-refractivity contribution in [1.29, 1.82) is 0 Å². The minimum absolute atomic E-state index is 0.0363. The van der Waals surface area contributed by atoms with E-state index in [9.17, 15) is 14.5 Å². The Labute approximate surface area is 93.6 Å². The molecule has 0 aliphatic rings. The number of nitrogens with zero attached hydrogens (tertiary/aromatic N) is 1. The van der Waals surface area contributed by atoms with Crippen LogP contribution in [0.15, 0.2) is 18.2 Å². The summed E-state index contributed by atoms with van der Waals surface area (Å²) in [5.41, 5.74) is 0.276. The van der Waals surface area contributed by atoms with Gasteiger partial charge in [0.1, 0.15) is 5.82 Å². The third-order valence-corrected chi connectivity index (χ3v) is 2.89. The number of halogens is 1. The van der Waals surface area contributed by atoms with Crippen LogP contribution in [0.3, 0.4) is 0 Å². The second-order valence-electron chi connectivity index (χ2n) is 3.83. The van der Waals surface area contributed by atoms with Gasteiger partial charge in [-0.2, -0.15) is 0 Å². The number of nitrogens with one attached hydrogen (secondary N) is 1. The molecule has 0 aliphatic heterocycles. The lowest BCUT2D eigenvalue weighted by Gasteiger charge is -2.19. The van der Waals surface area contributed by atoms with Gasteiger partial charge in [-0.1, -0.05) is 6.92 Å². The fourth-order valence-corrected chi connectivity index (χ4v) is 1.52. The number of nitro groups is 1. The van der Waals surface area contributed by atoms with Crippen molar-refractivity contribution >= 4 is 5.69 Å². The summed E-state index contributed by atoms with van der Waals surface area (Å²) in [5.74, 6) is -0.561. The Kier molecular flexibility index (Phi) is 3.95. The number of rotatable bonds is 4. The van der Waals surface area contributed by atoms with Gasteiger partial charge in [-0.3, -0.25) is 10.1 Å². The standard InChI is InChI=1S/C11H15FN2O2/c1-7(8(2)13-3)10-5-4-9(14(15)16)6-11(10)12/h4-8,13H,1-3H3. The number of likely N-dealkylation sites (N-methyl/N-ethyl adjacent to an activating group) is 1. The van der Waals surface area contributed by atoms with E-state index in [2.05, 4.69) is 5.32 Å². The normalized spacial score (nSPS) is 14.5. The summed E-state index contributed by atoms with van der Waals surface area (Å²) in [7, 11) is 1.80. The first-order chi connectivity index (χ1) is 7.47. The first kappa shape index (κ1) is 12.6. The minimum atomic E-state index is -0.598. The van der Waals surface area contributed by atoms with Gasteiger partial charge in [-0.25, -0.2) is 4.39 Å². The molecule has 0 aliphatic carbocycles. The highest BCUT2D eigenvalue weighted by Crippen LogP contribution is 2.25. The molecule has 0 spiro atoms. The lowest BCUT2D eigenvalue weighted by atomic mass is 9.94. The summed E-state index contributed by atoms with van der Waals surface area (Å²) in [6.45, 7) is 3.82. The Morgan fingerprint density at radius 1 is 1.44 bits per heavy atom. The maximum atomic E-state index is 13.6. The van der Waals surface area contributed by atoms with Crippen molar-refractivity contribution in [2.24, 2.45) is 0 Å². The molecule has 0 radical (unpaired) electrons. The van der Waals surface area contributed by atoms with E-state index in [1.165, 1.54) is 12.1 Å². The summed E-state index contributed by atoms with van der Waals surface area (Å²) in [5, 5.41) is 13.5. The molecule has 0 bridgehead atoms. The van der Waals surface area contributed by atoms with E-state index in [0.29, 0.717) is 5.56 Å². The zero-order chi connectivity index (χ0) is 12.3. The van der Waals surface area contributed by atoms with Crippen LogP contribution in [0.4, 0.5) is 10.1 Å². The predicted octanol–water partition coefficient (Wildman–Crippen LogP) is 2.45. The van der Waals surface area contributed by atoms with Crippen LogP contribution in [0.25, 0.3) is 0 Å². The molecule has 1 aromatic carbocycles. The number of nitro benzene ring substituents is 1. The summed E-state index contributed by atoms with van der Waals surface area (Å²) in [6, 6.07) is 3.88. The Morgan fingerprint density at radius 2 is 2.06 bits per heavy atom. The molecule has 0 heterocycles. The molecule has 88 valence electrons. The monoisotopic (exact) mass is 226 g/mol. The predicted molar refractivity (Wildman–Crippen MR) is 60.0 cm³/mol. The maximum absolute atomic E-state index is 13.6. The number of benzene rings is 1. The third kappa shape index (κ3) is 2.55. The minimum Gasteiger partial charge on any atom is -0.317 e. The van der Waals surface area contributed by atoms with Crippen molar-refractivity contribution in [2.45, 2.75) is 25.8 Å². The van der Waals surface area contributed by atoms with E-state index < -0.39 is 10.7 Å². The van der Waals surface area contributed by atoms with Crippen LogP contribution in [0, 0.1) is 15.9 Å². The van der Waals surface area contributed by atoms with Crippen LogP contribution in [0.1, 0.15) is 25.3 Å². The highest BCUT2D eigenvalue weighted by Gasteiger charge is 2.18. The Balaban J connectivity index is 3.03. The average molecular weight is 226 g/mol. The van der Waals surface area contributed by atoms with Crippen molar-refractivity contribution in [3.63, 3.8) is 0 Å². The van der Waals surface area contributed by atoms with E-state index >= 15 is 0 Å². The van der Waals surface area contributed by atoms with Crippen LogP contribution >= 0.6 is 0 Å². The SMILES string of the molecule is CNC(C)C(C)c1ccc([N+](=O)[O-])cc1F. The summed E-state index contributed by atoms with van der Waals surface area (Å²) < 4.78 is 13.6. The molecule has 4 nitrogen and oxygen atoms in total. The molecule has 0 amide bonds. The van der Waals surface area contributed by atoms with Gasteiger partial charge in [-0.15, -0.1) is 0 Å². The largest absolute Gasteiger partial charge is 0.317 e. The topological polar surface area (TPSA) is 55.2 Å². The van der Waals surface area contributed by atoms with Gasteiger partial charge in [0.15, 0.2) is 0 Å². The number of hydrogen-bond acceptors (Lipinski definition) is 3. The molecular weight excluding hydrogens is 211 g/mol. The molecule has 5 heteroatoms. The van der Waals surface area contributed by atoms with E-state index in [1.54, 1.807) is 7.05 Å². The van der Waals surface area contributed by atoms with Crippen LogP contribution in [0.2, 0.25) is 0 Å². The molecule has 2 atom stereocenters. The Hall–Kier alpha value is -1.49. The fourth-order valence-electron chi connectivity index (χ4n) is 1.52. The van der Waals surface area contributed by atoms with E-state index in [1.807, 2.05) is 13.8 Å². The van der Waals surface area contributed by atoms with Gasteiger partial charge in [-0.05, 0) is 31.5 Å². The molecule has 0 saturated carbocycles. The quantitative estimate of drug-likeness (QED) is 0.633. The van der Waals surface area contributed by atoms with E-state index in [0.717, 1.165) is 6.07 Å². The lowest BCUT2D eigenvalue weighted by molar-refractivity contribution is -0.385. The third-order valence-electron chi connectivity index (χ3n) is 2.89. The molecule has 16 heavy (non-hydrogen) atoms. The first-order valence-corrected chi connectivity index (χ1v) is 5.08. The second-order valence-corrected chi connectivity index (χ2v) is 3.83. The zero-order valence-electron chi connectivity index (χ0n) is 9.53. The molecule has 0 saturated heterocycles. The Bertz CT molecular complexity index is 396. The molecule has 0 aromatic heterocycles. The van der Waals surface area contributed by atoms with Crippen molar-refractivity contribution in [2.75, 3.05) is 7.05 Å². The molecule has 1 aromatic rings. The second kappa shape index (κ2) is 5.03. The molecular formula is C11H15FN2O2. The van der Waals surface area contributed by atoms with Crippen molar-refractivity contribution < 1.29 is 9.31 Å². The molecule has 0 fully saturated rings. The van der Waals surface area contributed by atoms with Crippen LogP contribution in [-0.4, -0.2) is 18.0 Å². The van der Waals surface area contributed by atoms with Crippen LogP contribution < -0.4 is 5.32 Å². The lowest BCUT2D eigenvalue weighted by Crippen LogP contribution is -2.27. The van der Waals surface area contributed by atoms with Crippen molar-refractivity contribution in [3.8, 4) is 0 Å². The highest BCUT2D eigenvalue weighted by atomic mass is 19.1. The smallest absolute Gasteiger partial charge is 0.272 e. The molecule has 2 unspecified atom stereocenters. The van der Waals surface area contributed by atoms with Crippen LogP contribution in [-0.2, 0) is 0 Å². The van der Waals surface area contributed by atoms with Gasteiger partial charge in [0.05, 0.1) is 11.0 Å². The highest BCUT2D eigenvalue weighted by molar-refractivity contribution is 5.36. The number of non-ortho nitro benzene ring substituents is 1. The number of hydrogen-bond donors (Lipinski definition) is 1. The maximum Gasteiger partial charge on any atom is 0.272 e. The fraction of sp³-hybridized carbons (Fsp3) is 0.455. The summed E-state index contributed by atoms with van der Waals surface area (Å²) >= 11 is 0. The van der Waals surface area contributed by atoms with Gasteiger partial charge in [0.2, 0.25) is 0 Å². The van der Waals surface area contributed by atoms with E-state index in [-0.39, 0.29) is 17.6 Å². The molecule has 1 N–H and O–H groups in total. The van der Waals surface area contributed by atoms with Gasteiger partial charge < -0.3 is 5.32 Å². The van der Waals surface area contributed by atoms with Crippen LogP contribution in [0.5, 0.6) is 0 Å². The van der Waals surface area contributed by atoms with E-state index in [4.69, 9.17) is 0 Å².